The fourth-order valence-electron chi connectivity index (χ4n) is 9.55. The van der Waals surface area contributed by atoms with Gasteiger partial charge in [-0.1, -0.05) is 60.0 Å². The molecule has 30 heavy (non-hydrogen) atoms. The first-order chi connectivity index (χ1) is 14.1. The fraction of sp³-hybridized carbons (Fsp3) is 0.929. The van der Waals surface area contributed by atoms with Crippen molar-refractivity contribution < 1.29 is 9.84 Å². The zero-order valence-corrected chi connectivity index (χ0v) is 20.3. The summed E-state index contributed by atoms with van der Waals surface area (Å²) in [7, 11) is 0. The van der Waals surface area contributed by atoms with Gasteiger partial charge < -0.3 is 9.84 Å². The summed E-state index contributed by atoms with van der Waals surface area (Å²) >= 11 is 0. The number of rotatable bonds is 5. The van der Waals surface area contributed by atoms with Gasteiger partial charge in [0.25, 0.3) is 0 Å². The van der Waals surface area contributed by atoms with Crippen LogP contribution in [0.25, 0.3) is 0 Å². The third-order valence-corrected chi connectivity index (χ3v) is 11.2. The van der Waals surface area contributed by atoms with Gasteiger partial charge in [-0.3, -0.25) is 0 Å². The summed E-state index contributed by atoms with van der Waals surface area (Å²) in [6.07, 6.45) is 18.5. The summed E-state index contributed by atoms with van der Waals surface area (Å²) in [5.41, 5.74) is 0.565. The van der Waals surface area contributed by atoms with Crippen molar-refractivity contribution in [2.75, 3.05) is 0 Å². The van der Waals surface area contributed by atoms with Crippen molar-refractivity contribution in [1.29, 1.82) is 0 Å². The predicted octanol–water partition coefficient (Wildman–Crippen LogP) is 7.12. The SMILES string of the molecule is CC(C)CCCC(C)C1CCC2C3CCC45C=CC(O)(CCC4(C)C3CCC12C)O5. The first kappa shape index (κ1) is 21.5. The molecule has 1 saturated heterocycles. The number of ether oxygens (including phenoxy) is 1. The highest BCUT2D eigenvalue weighted by atomic mass is 16.6. The van der Waals surface area contributed by atoms with Gasteiger partial charge in [-0.25, -0.2) is 0 Å². The zero-order chi connectivity index (χ0) is 21.4. The molecule has 2 bridgehead atoms. The molecule has 1 N–H and O–H groups in total. The Morgan fingerprint density at radius 3 is 2.47 bits per heavy atom. The van der Waals surface area contributed by atoms with Crippen LogP contribution in [0.3, 0.4) is 0 Å². The highest BCUT2D eigenvalue weighted by molar-refractivity contribution is 5.27. The molecular weight excluding hydrogens is 368 g/mol. The van der Waals surface area contributed by atoms with Gasteiger partial charge in [-0.05, 0) is 91.9 Å². The Kier molecular flexibility index (Phi) is 5.07. The molecule has 2 aliphatic heterocycles. The van der Waals surface area contributed by atoms with Crippen LogP contribution in [0.1, 0.15) is 105 Å². The number of hydrogen-bond donors (Lipinski definition) is 1. The van der Waals surface area contributed by atoms with Crippen LogP contribution in [-0.4, -0.2) is 16.5 Å². The quantitative estimate of drug-likeness (QED) is 0.485. The molecule has 3 aliphatic carbocycles. The minimum atomic E-state index is -0.973. The van der Waals surface area contributed by atoms with Crippen molar-refractivity contribution in [3.63, 3.8) is 0 Å². The Labute approximate surface area is 185 Å². The minimum absolute atomic E-state index is 0.197. The average molecular weight is 415 g/mol. The summed E-state index contributed by atoms with van der Waals surface area (Å²) < 4.78 is 6.43. The second-order valence-electron chi connectivity index (χ2n) is 13.0. The maximum Gasteiger partial charge on any atom is 0.186 e. The molecule has 0 radical (unpaired) electrons. The Bertz CT molecular complexity index is 699. The highest BCUT2D eigenvalue weighted by Gasteiger charge is 2.68. The number of fused-ring (bicyclic) bond motifs is 5. The maximum atomic E-state index is 10.7. The molecule has 0 amide bonds. The van der Waals surface area contributed by atoms with E-state index in [0.717, 1.165) is 54.8 Å². The Balaban J connectivity index is 1.34. The molecule has 0 aromatic carbocycles. The monoisotopic (exact) mass is 414 g/mol. The van der Waals surface area contributed by atoms with E-state index in [9.17, 15) is 5.11 Å². The molecule has 9 atom stereocenters. The minimum Gasteiger partial charge on any atom is -0.362 e. The molecule has 1 spiro atoms. The smallest absolute Gasteiger partial charge is 0.186 e. The lowest BCUT2D eigenvalue weighted by atomic mass is 9.44. The number of aliphatic hydroxyl groups is 1. The molecule has 0 aromatic heterocycles. The molecular formula is C28H46O2. The predicted molar refractivity (Wildman–Crippen MR) is 123 cm³/mol. The van der Waals surface area contributed by atoms with Gasteiger partial charge in [0.2, 0.25) is 0 Å². The van der Waals surface area contributed by atoms with E-state index in [1.807, 2.05) is 6.08 Å². The van der Waals surface area contributed by atoms with Crippen molar-refractivity contribution in [2.45, 2.75) is 117 Å². The first-order valence-electron chi connectivity index (χ1n) is 13.3. The summed E-state index contributed by atoms with van der Waals surface area (Å²) in [5.74, 6) is 4.23. The van der Waals surface area contributed by atoms with Crippen molar-refractivity contribution in [3.8, 4) is 0 Å². The van der Waals surface area contributed by atoms with Crippen LogP contribution in [0.5, 0.6) is 0 Å². The molecule has 0 aromatic rings. The van der Waals surface area contributed by atoms with Crippen molar-refractivity contribution >= 4 is 0 Å². The average Bonchev–Trinajstić information content (AvgIpc) is 3.19. The molecule has 5 rings (SSSR count). The van der Waals surface area contributed by atoms with Gasteiger partial charge in [0.1, 0.15) is 0 Å². The van der Waals surface area contributed by atoms with Gasteiger partial charge in [0.05, 0.1) is 5.60 Å². The number of hydrogen-bond acceptors (Lipinski definition) is 2. The summed E-state index contributed by atoms with van der Waals surface area (Å²) in [5, 5.41) is 10.7. The van der Waals surface area contributed by atoms with Crippen molar-refractivity contribution in [2.24, 2.45) is 46.3 Å². The van der Waals surface area contributed by atoms with Crippen LogP contribution in [0, 0.1) is 46.3 Å². The Morgan fingerprint density at radius 1 is 0.900 bits per heavy atom. The molecule has 3 saturated carbocycles. The fourth-order valence-corrected chi connectivity index (χ4v) is 9.55. The largest absolute Gasteiger partial charge is 0.362 e. The molecule has 5 aliphatic rings. The second-order valence-corrected chi connectivity index (χ2v) is 13.0. The van der Waals surface area contributed by atoms with Gasteiger partial charge in [-0.2, -0.15) is 0 Å². The molecule has 170 valence electrons. The van der Waals surface area contributed by atoms with E-state index in [1.54, 1.807) is 0 Å². The van der Waals surface area contributed by atoms with Crippen LogP contribution in [0.15, 0.2) is 12.2 Å². The van der Waals surface area contributed by atoms with E-state index in [2.05, 4.69) is 40.7 Å². The molecule has 4 fully saturated rings. The summed E-state index contributed by atoms with van der Waals surface area (Å²) in [6, 6.07) is 0. The first-order valence-corrected chi connectivity index (χ1v) is 13.3. The standard InChI is InChI=1S/C28H46O2/c1-19(2)7-6-8-20(3)22-9-10-23-21-11-14-27-16-18-28(29,30-27)17-15-26(27,5)24(21)12-13-25(22,23)4/h16,18-24,29H,6-15,17H2,1-5H3. The normalized spacial score (nSPS) is 52.8. The Hall–Kier alpha value is -0.340. The van der Waals surface area contributed by atoms with Crippen LogP contribution < -0.4 is 0 Å². The van der Waals surface area contributed by atoms with Crippen LogP contribution in [0.2, 0.25) is 0 Å². The highest BCUT2D eigenvalue weighted by Crippen LogP contribution is 2.71. The van der Waals surface area contributed by atoms with E-state index in [0.29, 0.717) is 5.41 Å². The van der Waals surface area contributed by atoms with Crippen LogP contribution in [0.4, 0.5) is 0 Å². The van der Waals surface area contributed by atoms with E-state index in [1.165, 1.54) is 51.4 Å². The van der Waals surface area contributed by atoms with Crippen molar-refractivity contribution in [3.05, 3.63) is 12.2 Å². The summed E-state index contributed by atoms with van der Waals surface area (Å²) in [4.78, 5) is 0. The third-order valence-electron chi connectivity index (χ3n) is 11.2. The van der Waals surface area contributed by atoms with Crippen LogP contribution in [-0.2, 0) is 4.74 Å². The third kappa shape index (κ3) is 2.95. The van der Waals surface area contributed by atoms with Crippen molar-refractivity contribution in [1.82, 2.24) is 0 Å². The van der Waals surface area contributed by atoms with E-state index in [4.69, 9.17) is 4.74 Å². The lowest BCUT2D eigenvalue weighted by Crippen LogP contribution is -2.63. The molecule has 2 nitrogen and oxygen atoms in total. The van der Waals surface area contributed by atoms with Gasteiger partial charge in [-0.15, -0.1) is 0 Å². The Morgan fingerprint density at radius 2 is 1.70 bits per heavy atom. The van der Waals surface area contributed by atoms with E-state index >= 15 is 0 Å². The van der Waals surface area contributed by atoms with Gasteiger partial charge in [0, 0.05) is 11.8 Å². The second kappa shape index (κ2) is 7.08. The lowest BCUT2D eigenvalue weighted by Gasteiger charge is -2.64. The molecule has 9 unspecified atom stereocenters. The van der Waals surface area contributed by atoms with E-state index in [-0.39, 0.29) is 11.0 Å². The zero-order valence-electron chi connectivity index (χ0n) is 20.3. The van der Waals surface area contributed by atoms with Gasteiger partial charge in [0.15, 0.2) is 5.79 Å². The van der Waals surface area contributed by atoms with Crippen LogP contribution >= 0.6 is 0 Å². The van der Waals surface area contributed by atoms with Gasteiger partial charge >= 0.3 is 0 Å². The maximum absolute atomic E-state index is 10.7. The topological polar surface area (TPSA) is 29.5 Å². The molecule has 2 heteroatoms. The summed E-state index contributed by atoms with van der Waals surface area (Å²) in [6.45, 7) is 12.5. The lowest BCUT2D eigenvalue weighted by molar-refractivity contribution is -0.305. The van der Waals surface area contributed by atoms with E-state index < -0.39 is 5.79 Å². The molecule has 2 heterocycles.